The normalized spacial score (nSPS) is 20.9. The van der Waals surface area contributed by atoms with Gasteiger partial charge in [-0.1, -0.05) is 0 Å². The van der Waals surface area contributed by atoms with E-state index in [4.69, 9.17) is 10.2 Å². The second-order valence-corrected chi connectivity index (χ2v) is 4.28. The first kappa shape index (κ1) is 7.87. The molecule has 1 aliphatic carbocycles. The van der Waals surface area contributed by atoms with Crippen LogP contribution in [0.4, 0.5) is 0 Å². The zero-order valence-electron chi connectivity index (χ0n) is 7.63. The highest BCUT2D eigenvalue weighted by molar-refractivity contribution is 5.28. The van der Waals surface area contributed by atoms with Gasteiger partial charge in [0, 0.05) is 11.0 Å². The van der Waals surface area contributed by atoms with Gasteiger partial charge in [-0.2, -0.15) is 0 Å². The summed E-state index contributed by atoms with van der Waals surface area (Å²) in [6.45, 7) is 4.14. The molecule has 1 saturated carbocycles. The minimum atomic E-state index is -0.162. The highest BCUT2D eigenvalue weighted by atomic mass is 16.3. The Morgan fingerprint density at radius 1 is 1.50 bits per heavy atom. The average Bonchev–Trinajstić information content (AvgIpc) is 2.61. The van der Waals surface area contributed by atoms with Crippen molar-refractivity contribution in [2.45, 2.75) is 37.6 Å². The van der Waals surface area contributed by atoms with Crippen LogP contribution in [0.2, 0.25) is 0 Å². The molecule has 12 heavy (non-hydrogen) atoms. The van der Waals surface area contributed by atoms with E-state index >= 15 is 0 Å². The molecule has 1 aliphatic rings. The molecule has 66 valence electrons. The lowest BCUT2D eigenvalue weighted by atomic mass is 9.83. The van der Waals surface area contributed by atoms with Gasteiger partial charge in [0.05, 0.1) is 6.26 Å². The third-order valence-electron chi connectivity index (χ3n) is 2.98. The number of hydrogen-bond acceptors (Lipinski definition) is 2. The summed E-state index contributed by atoms with van der Waals surface area (Å²) in [6, 6.07) is 3.96. The number of rotatable bonds is 2. The number of nitrogens with two attached hydrogens (primary N) is 1. The molecule has 1 heterocycles. The lowest BCUT2D eigenvalue weighted by Crippen LogP contribution is -2.45. The highest BCUT2D eigenvalue weighted by Gasteiger charge is 2.55. The van der Waals surface area contributed by atoms with Gasteiger partial charge in [-0.15, -0.1) is 0 Å². The summed E-state index contributed by atoms with van der Waals surface area (Å²) in [4.78, 5) is 0. The van der Waals surface area contributed by atoms with E-state index in [-0.39, 0.29) is 11.0 Å². The van der Waals surface area contributed by atoms with Gasteiger partial charge >= 0.3 is 0 Å². The van der Waals surface area contributed by atoms with E-state index in [1.807, 2.05) is 12.1 Å². The maximum absolute atomic E-state index is 6.11. The van der Waals surface area contributed by atoms with E-state index < -0.39 is 0 Å². The Morgan fingerprint density at radius 2 is 2.17 bits per heavy atom. The summed E-state index contributed by atoms with van der Waals surface area (Å²) in [6.07, 6.45) is 4.04. The molecule has 2 heteroatoms. The molecule has 0 bridgehead atoms. The van der Waals surface area contributed by atoms with Crippen molar-refractivity contribution in [3.8, 4) is 0 Å². The summed E-state index contributed by atoms with van der Waals surface area (Å²) < 4.78 is 5.41. The SMILES string of the molecule is CC(C)(N)C1(c2ccco2)CC1. The fourth-order valence-electron chi connectivity index (χ4n) is 1.88. The molecule has 0 atom stereocenters. The van der Waals surface area contributed by atoms with E-state index in [1.54, 1.807) is 6.26 Å². The van der Waals surface area contributed by atoms with E-state index in [1.165, 1.54) is 0 Å². The average molecular weight is 165 g/mol. The van der Waals surface area contributed by atoms with Gasteiger partial charge in [0.1, 0.15) is 5.76 Å². The maximum Gasteiger partial charge on any atom is 0.111 e. The minimum absolute atomic E-state index is 0.122. The lowest BCUT2D eigenvalue weighted by molar-refractivity contribution is 0.328. The fraction of sp³-hybridized carbons (Fsp3) is 0.600. The van der Waals surface area contributed by atoms with Crippen molar-refractivity contribution in [3.63, 3.8) is 0 Å². The molecule has 0 saturated heterocycles. The Labute approximate surface area is 72.7 Å². The second-order valence-electron chi connectivity index (χ2n) is 4.28. The Balaban J connectivity index is 2.35. The molecule has 0 radical (unpaired) electrons. The summed E-state index contributed by atoms with van der Waals surface area (Å²) in [7, 11) is 0. The van der Waals surface area contributed by atoms with Crippen LogP contribution in [0.5, 0.6) is 0 Å². The molecular formula is C10H15NO. The van der Waals surface area contributed by atoms with Crippen molar-refractivity contribution < 1.29 is 4.42 Å². The third kappa shape index (κ3) is 0.911. The number of hydrogen-bond donors (Lipinski definition) is 1. The monoisotopic (exact) mass is 165 g/mol. The first-order valence-corrected chi connectivity index (χ1v) is 4.39. The molecule has 0 amide bonds. The van der Waals surface area contributed by atoms with Crippen LogP contribution in [0.15, 0.2) is 22.8 Å². The predicted octanol–water partition coefficient (Wildman–Crippen LogP) is 2.05. The van der Waals surface area contributed by atoms with E-state index in [0.29, 0.717) is 0 Å². The molecule has 2 rings (SSSR count). The lowest BCUT2D eigenvalue weighted by Gasteiger charge is -2.28. The van der Waals surface area contributed by atoms with E-state index in [9.17, 15) is 0 Å². The van der Waals surface area contributed by atoms with Crippen LogP contribution in [0.3, 0.4) is 0 Å². The van der Waals surface area contributed by atoms with Gasteiger partial charge < -0.3 is 10.2 Å². The molecule has 1 fully saturated rings. The fourth-order valence-corrected chi connectivity index (χ4v) is 1.88. The molecule has 2 N–H and O–H groups in total. The second kappa shape index (κ2) is 2.13. The van der Waals surface area contributed by atoms with Crippen molar-refractivity contribution in [2.75, 3.05) is 0 Å². The Bertz CT molecular complexity index is 265. The molecule has 2 nitrogen and oxygen atoms in total. The summed E-state index contributed by atoms with van der Waals surface area (Å²) in [5, 5.41) is 0. The van der Waals surface area contributed by atoms with Crippen LogP contribution in [-0.2, 0) is 5.41 Å². The van der Waals surface area contributed by atoms with Crippen LogP contribution in [-0.4, -0.2) is 5.54 Å². The van der Waals surface area contributed by atoms with Crippen LogP contribution in [0.25, 0.3) is 0 Å². The van der Waals surface area contributed by atoms with Gasteiger partial charge in [-0.3, -0.25) is 0 Å². The zero-order valence-corrected chi connectivity index (χ0v) is 7.63. The van der Waals surface area contributed by atoms with Crippen LogP contribution in [0.1, 0.15) is 32.4 Å². The quantitative estimate of drug-likeness (QED) is 0.728. The zero-order chi connectivity index (χ0) is 8.82. The predicted molar refractivity (Wildman–Crippen MR) is 47.9 cm³/mol. The molecule has 1 aromatic rings. The summed E-state index contributed by atoms with van der Waals surface area (Å²) >= 11 is 0. The minimum Gasteiger partial charge on any atom is -0.469 e. The molecule has 0 unspecified atom stereocenters. The van der Waals surface area contributed by atoms with Gasteiger partial charge in [-0.25, -0.2) is 0 Å². The highest BCUT2D eigenvalue weighted by Crippen LogP contribution is 2.54. The van der Waals surface area contributed by atoms with Gasteiger partial charge in [0.2, 0.25) is 0 Å². The van der Waals surface area contributed by atoms with E-state index in [0.717, 1.165) is 18.6 Å². The van der Waals surface area contributed by atoms with Crippen molar-refractivity contribution in [3.05, 3.63) is 24.2 Å². The molecule has 0 spiro atoms. The van der Waals surface area contributed by atoms with Crippen LogP contribution < -0.4 is 5.73 Å². The number of furan rings is 1. The van der Waals surface area contributed by atoms with Crippen LogP contribution in [0, 0.1) is 0 Å². The van der Waals surface area contributed by atoms with Gasteiger partial charge in [-0.05, 0) is 38.8 Å². The topological polar surface area (TPSA) is 39.2 Å². The molecule has 1 aromatic heterocycles. The van der Waals surface area contributed by atoms with Crippen molar-refractivity contribution in [1.29, 1.82) is 0 Å². The van der Waals surface area contributed by atoms with Crippen molar-refractivity contribution in [2.24, 2.45) is 5.73 Å². The van der Waals surface area contributed by atoms with E-state index in [2.05, 4.69) is 13.8 Å². The Kier molecular flexibility index (Phi) is 1.40. The van der Waals surface area contributed by atoms with Crippen molar-refractivity contribution >= 4 is 0 Å². The van der Waals surface area contributed by atoms with Gasteiger partial charge in [0.15, 0.2) is 0 Å². The Hall–Kier alpha value is -0.760. The Morgan fingerprint density at radius 3 is 2.50 bits per heavy atom. The first-order valence-electron chi connectivity index (χ1n) is 4.39. The first-order chi connectivity index (χ1) is 5.56. The third-order valence-corrected chi connectivity index (χ3v) is 2.98. The van der Waals surface area contributed by atoms with Crippen molar-refractivity contribution in [1.82, 2.24) is 0 Å². The van der Waals surface area contributed by atoms with Crippen LogP contribution >= 0.6 is 0 Å². The molecule has 0 aromatic carbocycles. The molecule has 0 aliphatic heterocycles. The standard InChI is InChI=1S/C10H15NO/c1-9(2,11)10(5-6-10)8-4-3-7-12-8/h3-4,7H,5-6,11H2,1-2H3. The summed E-state index contributed by atoms with van der Waals surface area (Å²) in [5.41, 5.74) is 6.07. The smallest absolute Gasteiger partial charge is 0.111 e. The van der Waals surface area contributed by atoms with Gasteiger partial charge in [0.25, 0.3) is 0 Å². The maximum atomic E-state index is 6.11. The summed E-state index contributed by atoms with van der Waals surface area (Å²) in [5.74, 6) is 1.05. The molecular weight excluding hydrogens is 150 g/mol. The largest absolute Gasteiger partial charge is 0.469 e.